The highest BCUT2D eigenvalue weighted by Gasteiger charge is 2.22. The van der Waals surface area contributed by atoms with E-state index in [9.17, 15) is 4.79 Å². The Bertz CT molecular complexity index is 136. The highest BCUT2D eigenvalue weighted by molar-refractivity contribution is 5.67. The van der Waals surface area contributed by atoms with E-state index in [1.54, 1.807) is 0 Å². The van der Waals surface area contributed by atoms with Crippen molar-refractivity contribution < 1.29 is 9.90 Å². The van der Waals surface area contributed by atoms with Crippen molar-refractivity contribution in [2.75, 3.05) is 13.6 Å². The molecule has 0 spiro atoms. The highest BCUT2D eigenvalue weighted by atomic mass is 16.4. The Morgan fingerprint density at radius 1 is 1.80 bits per heavy atom. The molecule has 58 valence electrons. The van der Waals surface area contributed by atoms with Crippen LogP contribution in [0.3, 0.4) is 0 Å². The first-order valence-electron chi connectivity index (χ1n) is 3.62. The third kappa shape index (κ3) is 1.70. The summed E-state index contributed by atoms with van der Waals surface area (Å²) in [5, 5.41) is 8.46. The Labute approximate surface area is 60.6 Å². The lowest BCUT2D eigenvalue weighted by molar-refractivity contribution is -0.138. The molecule has 10 heavy (non-hydrogen) atoms. The smallest absolute Gasteiger partial charge is 0.304 e. The van der Waals surface area contributed by atoms with E-state index in [0.717, 1.165) is 19.4 Å². The van der Waals surface area contributed by atoms with Gasteiger partial charge in [0.15, 0.2) is 0 Å². The molecule has 0 aromatic carbocycles. The molecule has 0 bridgehead atoms. The van der Waals surface area contributed by atoms with Crippen molar-refractivity contribution in [3.63, 3.8) is 0 Å². The molecule has 1 fully saturated rings. The molecule has 0 amide bonds. The minimum atomic E-state index is -0.682. The first-order valence-corrected chi connectivity index (χ1v) is 3.62. The molecule has 0 aromatic heterocycles. The van der Waals surface area contributed by atoms with Crippen molar-refractivity contribution in [1.82, 2.24) is 4.90 Å². The third-order valence-corrected chi connectivity index (χ3v) is 2.08. The van der Waals surface area contributed by atoms with Gasteiger partial charge < -0.3 is 10.0 Å². The van der Waals surface area contributed by atoms with Crippen LogP contribution in [0.2, 0.25) is 0 Å². The zero-order valence-corrected chi connectivity index (χ0v) is 6.21. The number of hydrogen-bond donors (Lipinski definition) is 1. The van der Waals surface area contributed by atoms with Crippen molar-refractivity contribution in [2.24, 2.45) is 0 Å². The number of nitrogens with zero attached hydrogens (tertiary/aromatic N) is 1. The fraction of sp³-hybridized carbons (Fsp3) is 0.857. The van der Waals surface area contributed by atoms with Crippen molar-refractivity contribution in [3.05, 3.63) is 0 Å². The molecule has 0 radical (unpaired) electrons. The van der Waals surface area contributed by atoms with E-state index < -0.39 is 5.97 Å². The van der Waals surface area contributed by atoms with Crippen LogP contribution in [-0.2, 0) is 4.79 Å². The molecule has 0 aromatic rings. The summed E-state index contributed by atoms with van der Waals surface area (Å²) in [7, 11) is 1.99. The fourth-order valence-corrected chi connectivity index (χ4v) is 1.44. The Balaban J connectivity index is 2.33. The lowest BCUT2D eigenvalue weighted by Gasteiger charge is -2.16. The number of carboxylic acid groups (broad SMARTS) is 1. The van der Waals surface area contributed by atoms with Gasteiger partial charge in [0.25, 0.3) is 0 Å². The van der Waals surface area contributed by atoms with E-state index in [-0.39, 0.29) is 6.04 Å². The van der Waals surface area contributed by atoms with Crippen molar-refractivity contribution >= 4 is 5.97 Å². The zero-order valence-electron chi connectivity index (χ0n) is 6.21. The van der Waals surface area contributed by atoms with E-state index >= 15 is 0 Å². The molecule has 1 heterocycles. The third-order valence-electron chi connectivity index (χ3n) is 2.08. The first-order chi connectivity index (χ1) is 4.70. The second-order valence-corrected chi connectivity index (χ2v) is 2.87. The Morgan fingerprint density at radius 2 is 2.50 bits per heavy atom. The maximum atomic E-state index is 10.3. The predicted octanol–water partition coefficient (Wildman–Crippen LogP) is 0.555. The number of aliphatic carboxylic acids is 1. The molecular weight excluding hydrogens is 130 g/mol. The Morgan fingerprint density at radius 3 is 2.90 bits per heavy atom. The van der Waals surface area contributed by atoms with Gasteiger partial charge in [0.05, 0.1) is 6.42 Å². The minimum absolute atomic E-state index is 0.289. The monoisotopic (exact) mass is 143 g/mol. The van der Waals surface area contributed by atoms with Crippen LogP contribution in [-0.4, -0.2) is 35.6 Å². The van der Waals surface area contributed by atoms with E-state index in [0.29, 0.717) is 6.42 Å². The SMILES string of the molecule is CN1CCC[C@@H]1CC(=O)O. The average molecular weight is 143 g/mol. The zero-order chi connectivity index (χ0) is 7.56. The first kappa shape index (κ1) is 7.54. The van der Waals surface area contributed by atoms with Crippen molar-refractivity contribution in [2.45, 2.75) is 25.3 Å². The topological polar surface area (TPSA) is 40.5 Å². The minimum Gasteiger partial charge on any atom is -0.481 e. The van der Waals surface area contributed by atoms with Crippen LogP contribution < -0.4 is 0 Å². The number of carbonyl (C=O) groups is 1. The van der Waals surface area contributed by atoms with Gasteiger partial charge >= 0.3 is 5.97 Å². The number of carboxylic acids is 1. The molecule has 1 saturated heterocycles. The average Bonchev–Trinajstić information content (AvgIpc) is 2.15. The molecule has 1 rings (SSSR count). The van der Waals surface area contributed by atoms with Gasteiger partial charge in [0.2, 0.25) is 0 Å². The molecule has 1 aliphatic heterocycles. The Hall–Kier alpha value is -0.570. The van der Waals surface area contributed by atoms with Crippen LogP contribution in [0.25, 0.3) is 0 Å². The van der Waals surface area contributed by atoms with E-state index in [1.807, 2.05) is 7.05 Å². The summed E-state index contributed by atoms with van der Waals surface area (Å²) in [5.41, 5.74) is 0. The normalized spacial score (nSPS) is 27.1. The second-order valence-electron chi connectivity index (χ2n) is 2.87. The van der Waals surface area contributed by atoms with Crippen LogP contribution >= 0.6 is 0 Å². The van der Waals surface area contributed by atoms with E-state index in [1.165, 1.54) is 0 Å². The van der Waals surface area contributed by atoms with Gasteiger partial charge in [0, 0.05) is 6.04 Å². The van der Waals surface area contributed by atoms with E-state index in [4.69, 9.17) is 5.11 Å². The van der Waals surface area contributed by atoms with E-state index in [2.05, 4.69) is 4.90 Å². The Kier molecular flexibility index (Phi) is 2.27. The maximum absolute atomic E-state index is 10.3. The van der Waals surface area contributed by atoms with Gasteiger partial charge in [-0.2, -0.15) is 0 Å². The summed E-state index contributed by atoms with van der Waals surface area (Å²) in [6.07, 6.45) is 2.49. The molecule has 1 aliphatic rings. The van der Waals surface area contributed by atoms with Crippen LogP contribution in [0.5, 0.6) is 0 Å². The largest absolute Gasteiger partial charge is 0.481 e. The van der Waals surface area contributed by atoms with Crippen LogP contribution in [0, 0.1) is 0 Å². The number of likely N-dealkylation sites (tertiary alicyclic amines) is 1. The summed E-state index contributed by atoms with van der Waals surface area (Å²) in [4.78, 5) is 12.4. The summed E-state index contributed by atoms with van der Waals surface area (Å²) in [5.74, 6) is -0.682. The van der Waals surface area contributed by atoms with Gasteiger partial charge in [0.1, 0.15) is 0 Å². The van der Waals surface area contributed by atoms with Gasteiger partial charge in [-0.25, -0.2) is 0 Å². The highest BCUT2D eigenvalue weighted by Crippen LogP contribution is 2.17. The molecule has 0 unspecified atom stereocenters. The molecule has 1 atom stereocenters. The van der Waals surface area contributed by atoms with Crippen molar-refractivity contribution in [1.29, 1.82) is 0 Å². The van der Waals surface area contributed by atoms with Gasteiger partial charge in [-0.15, -0.1) is 0 Å². The summed E-state index contributed by atoms with van der Waals surface area (Å²) >= 11 is 0. The number of rotatable bonds is 2. The molecule has 1 N–H and O–H groups in total. The summed E-state index contributed by atoms with van der Waals surface area (Å²) in [6.45, 7) is 1.05. The van der Waals surface area contributed by atoms with Crippen LogP contribution in [0.4, 0.5) is 0 Å². The van der Waals surface area contributed by atoms with Crippen LogP contribution in [0.15, 0.2) is 0 Å². The molecular formula is C7H13NO2. The van der Waals surface area contributed by atoms with Gasteiger partial charge in [-0.1, -0.05) is 0 Å². The maximum Gasteiger partial charge on any atom is 0.304 e. The predicted molar refractivity (Wildman–Crippen MR) is 37.9 cm³/mol. The quantitative estimate of drug-likeness (QED) is 0.614. The summed E-state index contributed by atoms with van der Waals surface area (Å²) in [6, 6.07) is 0.289. The van der Waals surface area contributed by atoms with Crippen molar-refractivity contribution in [3.8, 4) is 0 Å². The summed E-state index contributed by atoms with van der Waals surface area (Å²) < 4.78 is 0. The van der Waals surface area contributed by atoms with Gasteiger partial charge in [-0.05, 0) is 26.4 Å². The molecule has 3 nitrogen and oxygen atoms in total. The molecule has 0 saturated carbocycles. The lowest BCUT2D eigenvalue weighted by Crippen LogP contribution is -2.27. The second kappa shape index (κ2) is 3.01. The lowest BCUT2D eigenvalue weighted by atomic mass is 10.1. The number of hydrogen-bond acceptors (Lipinski definition) is 2. The molecule has 3 heteroatoms. The van der Waals surface area contributed by atoms with Gasteiger partial charge in [-0.3, -0.25) is 4.79 Å². The van der Waals surface area contributed by atoms with Crippen LogP contribution in [0.1, 0.15) is 19.3 Å². The molecule has 0 aliphatic carbocycles. The standard InChI is InChI=1S/C7H13NO2/c1-8-4-2-3-6(8)5-7(9)10/h6H,2-5H2,1H3,(H,9,10)/t6-/m1/s1. The fourth-order valence-electron chi connectivity index (χ4n) is 1.44.